The van der Waals surface area contributed by atoms with Gasteiger partial charge in [0.15, 0.2) is 0 Å². The van der Waals surface area contributed by atoms with Gasteiger partial charge in [-0.15, -0.1) is 0 Å². The first kappa shape index (κ1) is 13.9. The molecule has 0 saturated heterocycles. The smallest absolute Gasteiger partial charge is 0.360 e. The van der Waals surface area contributed by atoms with Gasteiger partial charge in [0.1, 0.15) is 6.10 Å². The molecular weight excluding hydrogens is 251 g/mol. The molecule has 4 nitrogen and oxygen atoms in total. The molecule has 0 radical (unpaired) electrons. The van der Waals surface area contributed by atoms with Gasteiger partial charge in [-0.1, -0.05) is 6.08 Å². The van der Waals surface area contributed by atoms with Gasteiger partial charge in [-0.2, -0.15) is 0 Å². The molecule has 0 fully saturated rings. The highest BCUT2D eigenvalue weighted by Gasteiger charge is 2.37. The maximum absolute atomic E-state index is 12.6. The Morgan fingerprint density at radius 1 is 1.39 bits per heavy atom. The van der Waals surface area contributed by atoms with Gasteiger partial charge in [-0.3, -0.25) is 4.57 Å². The molecule has 1 heterocycles. The van der Waals surface area contributed by atoms with Crippen LogP contribution in [0.5, 0.6) is 0 Å². The lowest BCUT2D eigenvalue weighted by molar-refractivity contribution is 0.0963. The van der Waals surface area contributed by atoms with Crippen LogP contribution in [0.2, 0.25) is 0 Å². The van der Waals surface area contributed by atoms with Gasteiger partial charge < -0.3 is 13.8 Å². The maximum atomic E-state index is 12.6. The Morgan fingerprint density at radius 3 is 2.78 bits per heavy atom. The van der Waals surface area contributed by atoms with Crippen molar-refractivity contribution >= 4 is 7.60 Å². The molecule has 1 aliphatic heterocycles. The fraction of sp³-hybridized carbons (Fsp3) is 0.692. The first-order valence-corrected chi connectivity index (χ1v) is 8.14. The van der Waals surface area contributed by atoms with Crippen molar-refractivity contribution in [2.75, 3.05) is 13.2 Å². The lowest BCUT2D eigenvalue weighted by atomic mass is 9.88. The highest BCUT2D eigenvalue weighted by Crippen LogP contribution is 2.59. The predicted octanol–water partition coefficient (Wildman–Crippen LogP) is 3.85. The Kier molecular flexibility index (Phi) is 4.66. The minimum absolute atomic E-state index is 0.124. The van der Waals surface area contributed by atoms with Crippen molar-refractivity contribution in [2.24, 2.45) is 5.92 Å². The Hall–Kier alpha value is -0.570. The second kappa shape index (κ2) is 6.05. The minimum atomic E-state index is -3.15. The third-order valence-electron chi connectivity index (χ3n) is 3.28. The number of allylic oxidation sites excluding steroid dienone is 2. The lowest BCUT2D eigenvalue weighted by Crippen LogP contribution is -2.27. The third kappa shape index (κ3) is 2.87. The van der Waals surface area contributed by atoms with Gasteiger partial charge in [-0.05, 0) is 39.2 Å². The first-order valence-electron chi connectivity index (χ1n) is 6.60. The van der Waals surface area contributed by atoms with Crippen LogP contribution in [0.4, 0.5) is 0 Å². The molecule has 0 saturated carbocycles. The molecule has 0 aromatic rings. The standard InChI is InChI=1S/C13H21O4P/c1-3-16-18(14,17-4-2)12-9-11-7-5-6-8-13(11)15-10-12/h6,8,10-11,13H,3-5,7,9H2,1-2H3. The Labute approximate surface area is 109 Å². The van der Waals surface area contributed by atoms with Gasteiger partial charge in [0.2, 0.25) is 0 Å². The molecular formula is C13H21O4P. The van der Waals surface area contributed by atoms with Crippen molar-refractivity contribution in [1.29, 1.82) is 0 Å². The van der Waals surface area contributed by atoms with E-state index >= 15 is 0 Å². The van der Waals surface area contributed by atoms with Crippen LogP contribution in [0, 0.1) is 5.92 Å². The first-order chi connectivity index (χ1) is 8.69. The summed E-state index contributed by atoms with van der Waals surface area (Å²) in [5.41, 5.74) is 0. The number of rotatable bonds is 5. The van der Waals surface area contributed by atoms with E-state index in [1.807, 2.05) is 13.8 Å². The summed E-state index contributed by atoms with van der Waals surface area (Å²) < 4.78 is 29.0. The van der Waals surface area contributed by atoms with Crippen molar-refractivity contribution in [3.8, 4) is 0 Å². The Balaban J connectivity index is 2.14. The van der Waals surface area contributed by atoms with Crippen LogP contribution in [0.3, 0.4) is 0 Å². The molecule has 0 spiro atoms. The van der Waals surface area contributed by atoms with Crippen molar-refractivity contribution in [1.82, 2.24) is 0 Å². The molecule has 0 bridgehead atoms. The number of ether oxygens (including phenoxy) is 1. The summed E-state index contributed by atoms with van der Waals surface area (Å²) in [5, 5.41) is 0.683. The van der Waals surface area contributed by atoms with Crippen LogP contribution >= 0.6 is 7.60 Å². The summed E-state index contributed by atoms with van der Waals surface area (Å²) in [6, 6.07) is 0. The summed E-state index contributed by atoms with van der Waals surface area (Å²) in [6.45, 7) is 4.40. The molecule has 2 rings (SSSR count). The van der Waals surface area contributed by atoms with Gasteiger partial charge in [0.05, 0.1) is 24.8 Å². The second-order valence-corrected chi connectivity index (χ2v) is 6.60. The fourth-order valence-corrected chi connectivity index (χ4v) is 4.16. The van der Waals surface area contributed by atoms with E-state index < -0.39 is 7.60 Å². The SMILES string of the molecule is CCOP(=O)(OCC)C1=COC2C=CCCC2C1. The summed E-state index contributed by atoms with van der Waals surface area (Å²) in [5.74, 6) is 0.393. The van der Waals surface area contributed by atoms with Crippen molar-refractivity contribution in [3.63, 3.8) is 0 Å². The Morgan fingerprint density at radius 2 is 2.11 bits per heavy atom. The highest BCUT2D eigenvalue weighted by molar-refractivity contribution is 7.58. The van der Waals surface area contributed by atoms with Crippen LogP contribution in [0.25, 0.3) is 0 Å². The van der Waals surface area contributed by atoms with Gasteiger partial charge >= 0.3 is 7.60 Å². The molecule has 2 unspecified atom stereocenters. The zero-order chi connectivity index (χ0) is 13.0. The van der Waals surface area contributed by atoms with Crippen LogP contribution in [0.1, 0.15) is 33.1 Å². The summed E-state index contributed by atoms with van der Waals surface area (Å²) >= 11 is 0. The van der Waals surface area contributed by atoms with Crippen LogP contribution in [-0.4, -0.2) is 19.3 Å². The number of hydrogen-bond donors (Lipinski definition) is 0. The van der Waals surface area contributed by atoms with E-state index in [9.17, 15) is 4.57 Å². The predicted molar refractivity (Wildman–Crippen MR) is 70.3 cm³/mol. The zero-order valence-corrected chi connectivity index (χ0v) is 11.9. The van der Waals surface area contributed by atoms with E-state index in [-0.39, 0.29) is 6.10 Å². The molecule has 0 aromatic heterocycles. The van der Waals surface area contributed by atoms with Gasteiger partial charge in [-0.25, -0.2) is 0 Å². The van der Waals surface area contributed by atoms with Crippen LogP contribution < -0.4 is 0 Å². The molecule has 2 aliphatic rings. The van der Waals surface area contributed by atoms with E-state index in [2.05, 4.69) is 12.2 Å². The average Bonchev–Trinajstić information content (AvgIpc) is 2.39. The monoisotopic (exact) mass is 272 g/mol. The van der Waals surface area contributed by atoms with Crippen molar-refractivity contribution < 1.29 is 18.3 Å². The maximum Gasteiger partial charge on any atom is 0.360 e. The Bertz CT molecular complexity index is 378. The molecule has 1 aliphatic carbocycles. The van der Waals surface area contributed by atoms with E-state index in [0.717, 1.165) is 19.3 Å². The zero-order valence-electron chi connectivity index (χ0n) is 11.0. The molecule has 18 heavy (non-hydrogen) atoms. The molecule has 0 N–H and O–H groups in total. The normalized spacial score (nSPS) is 27.3. The summed E-state index contributed by atoms with van der Waals surface area (Å²) in [4.78, 5) is 0. The second-order valence-electron chi connectivity index (χ2n) is 4.51. The van der Waals surface area contributed by atoms with Gasteiger partial charge in [0, 0.05) is 5.92 Å². The van der Waals surface area contributed by atoms with Crippen LogP contribution in [0.15, 0.2) is 23.7 Å². The summed E-state index contributed by atoms with van der Waals surface area (Å²) in [7, 11) is -3.15. The molecule has 5 heteroatoms. The summed E-state index contributed by atoms with van der Waals surface area (Å²) in [6.07, 6.45) is 8.81. The number of hydrogen-bond acceptors (Lipinski definition) is 4. The molecule has 0 amide bonds. The average molecular weight is 272 g/mol. The minimum Gasteiger partial charge on any atom is -0.493 e. The molecule has 0 aromatic carbocycles. The molecule has 2 atom stereocenters. The van der Waals surface area contributed by atoms with Gasteiger partial charge in [0.25, 0.3) is 0 Å². The van der Waals surface area contributed by atoms with Crippen molar-refractivity contribution in [3.05, 3.63) is 23.7 Å². The largest absolute Gasteiger partial charge is 0.493 e. The van der Waals surface area contributed by atoms with E-state index in [1.165, 1.54) is 0 Å². The van der Waals surface area contributed by atoms with E-state index in [1.54, 1.807) is 6.26 Å². The van der Waals surface area contributed by atoms with Crippen LogP contribution in [-0.2, 0) is 18.3 Å². The number of fused-ring (bicyclic) bond motifs is 1. The lowest BCUT2D eigenvalue weighted by Gasteiger charge is -2.33. The highest BCUT2D eigenvalue weighted by atomic mass is 31.2. The quantitative estimate of drug-likeness (QED) is 0.563. The molecule has 102 valence electrons. The topological polar surface area (TPSA) is 44.8 Å². The third-order valence-corrected chi connectivity index (χ3v) is 5.46. The van der Waals surface area contributed by atoms with E-state index in [4.69, 9.17) is 13.8 Å². The van der Waals surface area contributed by atoms with Crippen molar-refractivity contribution in [2.45, 2.75) is 39.2 Å². The van der Waals surface area contributed by atoms with E-state index in [0.29, 0.717) is 24.4 Å². The fourth-order valence-electron chi connectivity index (χ4n) is 2.43.